The van der Waals surface area contributed by atoms with Gasteiger partial charge in [-0.15, -0.1) is 0 Å². The van der Waals surface area contributed by atoms with Gasteiger partial charge in [-0.3, -0.25) is 0 Å². The smallest absolute Gasteiger partial charge is 0.0438 e. The summed E-state index contributed by atoms with van der Waals surface area (Å²) in [6.45, 7) is 9.44. The van der Waals surface area contributed by atoms with Gasteiger partial charge in [-0.2, -0.15) is 0 Å². The van der Waals surface area contributed by atoms with E-state index >= 15 is 0 Å². The zero-order valence-electron chi connectivity index (χ0n) is 13.3. The summed E-state index contributed by atoms with van der Waals surface area (Å²) in [5.41, 5.74) is 6.41. The van der Waals surface area contributed by atoms with Crippen molar-refractivity contribution in [3.05, 3.63) is 69.2 Å². The number of benzene rings is 2. The fourth-order valence-corrected chi connectivity index (χ4v) is 2.90. The van der Waals surface area contributed by atoms with Crippen molar-refractivity contribution in [2.24, 2.45) is 0 Å². The second-order valence-corrected chi connectivity index (χ2v) is 6.17. The van der Waals surface area contributed by atoms with Crippen molar-refractivity contribution in [3.8, 4) is 0 Å². The Morgan fingerprint density at radius 3 is 2.29 bits per heavy atom. The number of likely N-dealkylation sites (N-methyl/N-ethyl adjacent to an activating group) is 1. The average molecular weight is 302 g/mol. The summed E-state index contributed by atoms with van der Waals surface area (Å²) in [6, 6.07) is 13.4. The van der Waals surface area contributed by atoms with E-state index in [-0.39, 0.29) is 0 Å². The van der Waals surface area contributed by atoms with Crippen LogP contribution in [-0.2, 0) is 6.42 Å². The van der Waals surface area contributed by atoms with E-state index in [0.717, 1.165) is 23.6 Å². The summed E-state index contributed by atoms with van der Waals surface area (Å²) in [7, 11) is 0. The number of nitrogens with one attached hydrogen (secondary N) is 1. The van der Waals surface area contributed by atoms with E-state index < -0.39 is 0 Å². The lowest BCUT2D eigenvalue weighted by atomic mass is 9.93. The minimum absolute atomic E-state index is 0.327. The van der Waals surface area contributed by atoms with E-state index in [1.807, 2.05) is 0 Å². The van der Waals surface area contributed by atoms with Gasteiger partial charge in [0.15, 0.2) is 0 Å². The van der Waals surface area contributed by atoms with Crippen LogP contribution in [-0.4, -0.2) is 6.54 Å². The van der Waals surface area contributed by atoms with Gasteiger partial charge in [-0.25, -0.2) is 0 Å². The van der Waals surface area contributed by atoms with Crippen molar-refractivity contribution in [3.63, 3.8) is 0 Å². The number of aryl methyl sites for hydroxylation is 3. The van der Waals surface area contributed by atoms with Crippen molar-refractivity contribution in [1.82, 2.24) is 5.32 Å². The number of hydrogen-bond acceptors (Lipinski definition) is 1. The Hall–Kier alpha value is -1.31. The van der Waals surface area contributed by atoms with Crippen LogP contribution in [0.2, 0.25) is 5.02 Å². The van der Waals surface area contributed by atoms with E-state index in [2.05, 4.69) is 69.4 Å². The van der Waals surface area contributed by atoms with Crippen LogP contribution in [0.5, 0.6) is 0 Å². The summed E-state index contributed by atoms with van der Waals surface area (Å²) in [5.74, 6) is 0. The maximum atomic E-state index is 6.22. The molecule has 0 aliphatic rings. The molecule has 2 aromatic rings. The van der Waals surface area contributed by atoms with Gasteiger partial charge >= 0.3 is 0 Å². The van der Waals surface area contributed by atoms with Crippen LogP contribution in [0.3, 0.4) is 0 Å². The number of halogens is 1. The van der Waals surface area contributed by atoms with Gasteiger partial charge in [-0.05, 0) is 62.1 Å². The Morgan fingerprint density at radius 2 is 1.67 bits per heavy atom. The van der Waals surface area contributed by atoms with E-state index in [4.69, 9.17) is 11.6 Å². The van der Waals surface area contributed by atoms with E-state index in [1.54, 1.807) is 0 Å². The lowest BCUT2D eigenvalue weighted by Crippen LogP contribution is -2.24. The van der Waals surface area contributed by atoms with Gasteiger partial charge in [-0.1, -0.05) is 54.4 Å². The summed E-state index contributed by atoms with van der Waals surface area (Å²) < 4.78 is 0. The van der Waals surface area contributed by atoms with Crippen LogP contribution in [0.4, 0.5) is 0 Å². The molecule has 2 aromatic carbocycles. The summed E-state index contributed by atoms with van der Waals surface area (Å²) >= 11 is 6.22. The van der Waals surface area contributed by atoms with Crippen LogP contribution < -0.4 is 5.32 Å². The van der Waals surface area contributed by atoms with E-state index in [0.29, 0.717) is 6.04 Å². The SMILES string of the molecule is CCNC(Cc1ccc(C)cc1)c1cc(C)c(Cl)cc1C. The molecule has 0 aromatic heterocycles. The normalized spacial score (nSPS) is 12.4. The van der Waals surface area contributed by atoms with E-state index in [9.17, 15) is 0 Å². The largest absolute Gasteiger partial charge is 0.310 e. The van der Waals surface area contributed by atoms with Gasteiger partial charge in [0.05, 0.1) is 0 Å². The summed E-state index contributed by atoms with van der Waals surface area (Å²) in [6.07, 6.45) is 0.996. The lowest BCUT2D eigenvalue weighted by Gasteiger charge is -2.22. The third-order valence-electron chi connectivity index (χ3n) is 3.93. The quantitative estimate of drug-likeness (QED) is 0.804. The topological polar surface area (TPSA) is 12.0 Å². The highest BCUT2D eigenvalue weighted by Crippen LogP contribution is 2.27. The van der Waals surface area contributed by atoms with E-state index in [1.165, 1.54) is 22.3 Å². The minimum Gasteiger partial charge on any atom is -0.310 e. The molecule has 1 unspecified atom stereocenters. The molecule has 1 N–H and O–H groups in total. The predicted octanol–water partition coefficient (Wildman–Crippen LogP) is 5.16. The monoisotopic (exact) mass is 301 g/mol. The Morgan fingerprint density at radius 1 is 1.00 bits per heavy atom. The predicted molar refractivity (Wildman–Crippen MR) is 92.2 cm³/mol. The molecular formula is C19H24ClN. The van der Waals surface area contributed by atoms with Crippen molar-refractivity contribution < 1.29 is 0 Å². The fraction of sp³-hybridized carbons (Fsp3) is 0.368. The first-order valence-electron chi connectivity index (χ1n) is 7.56. The molecule has 112 valence electrons. The van der Waals surface area contributed by atoms with Gasteiger partial charge in [0.2, 0.25) is 0 Å². The zero-order chi connectivity index (χ0) is 15.4. The van der Waals surface area contributed by atoms with Gasteiger partial charge in [0.1, 0.15) is 0 Å². The molecule has 0 bridgehead atoms. The van der Waals surface area contributed by atoms with Crippen molar-refractivity contribution in [1.29, 1.82) is 0 Å². The highest BCUT2D eigenvalue weighted by atomic mass is 35.5. The molecule has 1 nitrogen and oxygen atoms in total. The standard InChI is InChI=1S/C19H24ClN/c1-5-21-19(12-16-8-6-13(2)7-9-16)17-10-15(4)18(20)11-14(17)3/h6-11,19,21H,5,12H2,1-4H3. The van der Waals surface area contributed by atoms with Crippen LogP contribution in [0.1, 0.15) is 40.8 Å². The van der Waals surface area contributed by atoms with Gasteiger partial charge in [0.25, 0.3) is 0 Å². The van der Waals surface area contributed by atoms with Gasteiger partial charge < -0.3 is 5.32 Å². The molecule has 0 saturated carbocycles. The van der Waals surface area contributed by atoms with Crippen molar-refractivity contribution in [2.75, 3.05) is 6.54 Å². The third-order valence-corrected chi connectivity index (χ3v) is 4.34. The number of rotatable bonds is 5. The average Bonchev–Trinajstić information content (AvgIpc) is 2.45. The molecule has 0 radical (unpaired) electrons. The van der Waals surface area contributed by atoms with Crippen LogP contribution in [0.15, 0.2) is 36.4 Å². The third kappa shape index (κ3) is 4.09. The van der Waals surface area contributed by atoms with Crippen LogP contribution in [0.25, 0.3) is 0 Å². The molecule has 1 atom stereocenters. The molecule has 0 aliphatic heterocycles. The molecular weight excluding hydrogens is 278 g/mol. The molecule has 0 heterocycles. The first-order chi connectivity index (χ1) is 10.0. The lowest BCUT2D eigenvalue weighted by molar-refractivity contribution is 0.547. The zero-order valence-corrected chi connectivity index (χ0v) is 14.1. The molecule has 2 heteroatoms. The Labute approximate surface area is 133 Å². The molecule has 21 heavy (non-hydrogen) atoms. The van der Waals surface area contributed by atoms with Crippen LogP contribution in [0, 0.1) is 20.8 Å². The molecule has 0 amide bonds. The first kappa shape index (κ1) is 16.1. The Bertz CT molecular complexity index is 602. The second-order valence-electron chi connectivity index (χ2n) is 5.76. The number of hydrogen-bond donors (Lipinski definition) is 1. The molecule has 2 rings (SSSR count). The fourth-order valence-electron chi connectivity index (χ4n) is 2.68. The van der Waals surface area contributed by atoms with Crippen molar-refractivity contribution >= 4 is 11.6 Å². The highest BCUT2D eigenvalue weighted by Gasteiger charge is 2.15. The Balaban J connectivity index is 2.30. The molecule has 0 aliphatic carbocycles. The molecule has 0 fully saturated rings. The Kier molecular flexibility index (Phi) is 5.44. The maximum absolute atomic E-state index is 6.22. The molecule has 0 saturated heterocycles. The minimum atomic E-state index is 0.327. The summed E-state index contributed by atoms with van der Waals surface area (Å²) in [4.78, 5) is 0. The maximum Gasteiger partial charge on any atom is 0.0438 e. The van der Waals surface area contributed by atoms with Gasteiger partial charge in [0, 0.05) is 11.1 Å². The summed E-state index contributed by atoms with van der Waals surface area (Å²) in [5, 5.41) is 4.46. The first-order valence-corrected chi connectivity index (χ1v) is 7.94. The highest BCUT2D eigenvalue weighted by molar-refractivity contribution is 6.31. The second kappa shape index (κ2) is 7.11. The molecule has 0 spiro atoms. The van der Waals surface area contributed by atoms with Crippen molar-refractivity contribution in [2.45, 2.75) is 40.2 Å². The van der Waals surface area contributed by atoms with Crippen LogP contribution >= 0.6 is 11.6 Å².